The van der Waals surface area contributed by atoms with Gasteiger partial charge in [0.2, 0.25) is 0 Å². The summed E-state index contributed by atoms with van der Waals surface area (Å²) in [6.07, 6.45) is 5.23. The third-order valence-electron chi connectivity index (χ3n) is 3.30. The molecule has 0 heterocycles. The van der Waals surface area contributed by atoms with Crippen LogP contribution in [-0.4, -0.2) is 6.04 Å². The van der Waals surface area contributed by atoms with Gasteiger partial charge in [-0.1, -0.05) is 80.6 Å². The van der Waals surface area contributed by atoms with Gasteiger partial charge in [0.05, 0.1) is 0 Å². The first-order valence-electron chi connectivity index (χ1n) is 7.24. The molecule has 1 atom stereocenters. The number of benzene rings is 2. The Bertz CT molecular complexity index is 544. The van der Waals surface area contributed by atoms with Crippen molar-refractivity contribution in [2.45, 2.75) is 26.3 Å². The summed E-state index contributed by atoms with van der Waals surface area (Å²) in [5, 5.41) is 0. The van der Waals surface area contributed by atoms with Gasteiger partial charge >= 0.3 is 0 Å². The van der Waals surface area contributed by atoms with Crippen LogP contribution in [0.5, 0.6) is 0 Å². The highest BCUT2D eigenvalue weighted by Crippen LogP contribution is 2.19. The van der Waals surface area contributed by atoms with Crippen molar-refractivity contribution in [1.82, 2.24) is 0 Å². The highest BCUT2D eigenvalue weighted by atomic mass is 35.5. The molecule has 2 rings (SSSR count). The zero-order valence-electron chi connectivity index (χ0n) is 12.7. The lowest BCUT2D eigenvalue weighted by Gasteiger charge is -2.09. The Morgan fingerprint density at radius 2 is 1.48 bits per heavy atom. The lowest BCUT2D eigenvalue weighted by atomic mass is 10.0. The molecule has 2 aromatic carbocycles. The monoisotopic (exact) mass is 301 g/mol. The van der Waals surface area contributed by atoms with E-state index in [0.29, 0.717) is 5.92 Å². The van der Waals surface area contributed by atoms with Crippen molar-refractivity contribution in [3.8, 4) is 11.1 Å². The molecule has 2 heteroatoms. The van der Waals surface area contributed by atoms with Gasteiger partial charge in [-0.2, -0.15) is 0 Å². The molecule has 0 fully saturated rings. The van der Waals surface area contributed by atoms with E-state index < -0.39 is 0 Å². The minimum atomic E-state index is 0. The van der Waals surface area contributed by atoms with Crippen LogP contribution in [0.1, 0.15) is 25.8 Å². The topological polar surface area (TPSA) is 26.0 Å². The second-order valence-electron chi connectivity index (χ2n) is 5.64. The van der Waals surface area contributed by atoms with Crippen LogP contribution in [0.4, 0.5) is 0 Å². The molecule has 0 bridgehead atoms. The molecule has 0 aliphatic heterocycles. The van der Waals surface area contributed by atoms with Crippen molar-refractivity contribution in [3.05, 3.63) is 66.2 Å². The molecule has 0 aromatic heterocycles. The van der Waals surface area contributed by atoms with Crippen LogP contribution in [-0.2, 0) is 0 Å². The number of nitrogens with two attached hydrogens (primary N) is 1. The molecular formula is C19H24ClN. The van der Waals surface area contributed by atoms with Crippen LogP contribution in [0.2, 0.25) is 0 Å². The van der Waals surface area contributed by atoms with Crippen LogP contribution < -0.4 is 5.73 Å². The second-order valence-corrected chi connectivity index (χ2v) is 5.64. The molecule has 0 saturated heterocycles. The Kier molecular flexibility index (Phi) is 7.21. The van der Waals surface area contributed by atoms with Crippen molar-refractivity contribution in [1.29, 1.82) is 0 Å². The van der Waals surface area contributed by atoms with Crippen molar-refractivity contribution < 1.29 is 0 Å². The summed E-state index contributed by atoms with van der Waals surface area (Å²) in [6, 6.07) is 19.2. The fourth-order valence-electron chi connectivity index (χ4n) is 2.27. The first kappa shape index (κ1) is 17.5. The van der Waals surface area contributed by atoms with E-state index in [1.165, 1.54) is 16.7 Å². The van der Waals surface area contributed by atoms with Crippen molar-refractivity contribution in [2.75, 3.05) is 0 Å². The lowest BCUT2D eigenvalue weighted by Crippen LogP contribution is -2.18. The fourth-order valence-corrected chi connectivity index (χ4v) is 2.27. The predicted octanol–water partition coefficient (Wildman–Crippen LogP) is 5.16. The van der Waals surface area contributed by atoms with Gasteiger partial charge in [-0.15, -0.1) is 12.4 Å². The average Bonchev–Trinajstić information content (AvgIpc) is 2.46. The quantitative estimate of drug-likeness (QED) is 0.811. The largest absolute Gasteiger partial charge is 0.324 e. The molecule has 112 valence electrons. The second kappa shape index (κ2) is 8.66. The van der Waals surface area contributed by atoms with E-state index in [1.807, 2.05) is 6.07 Å². The molecule has 0 saturated carbocycles. The van der Waals surface area contributed by atoms with E-state index >= 15 is 0 Å². The van der Waals surface area contributed by atoms with E-state index in [-0.39, 0.29) is 18.4 Å². The fraction of sp³-hybridized carbons (Fsp3) is 0.263. The first-order chi connectivity index (χ1) is 9.65. The van der Waals surface area contributed by atoms with Gasteiger partial charge in [0, 0.05) is 6.04 Å². The normalized spacial score (nSPS) is 12.4. The number of halogens is 1. The third kappa shape index (κ3) is 5.74. The molecule has 0 spiro atoms. The van der Waals surface area contributed by atoms with Gasteiger partial charge in [-0.25, -0.2) is 0 Å². The van der Waals surface area contributed by atoms with Gasteiger partial charge in [-0.05, 0) is 29.0 Å². The highest BCUT2D eigenvalue weighted by Gasteiger charge is 2.01. The van der Waals surface area contributed by atoms with Crippen LogP contribution in [0, 0.1) is 5.92 Å². The van der Waals surface area contributed by atoms with E-state index in [2.05, 4.69) is 74.5 Å². The smallest absolute Gasteiger partial charge is 0.0229 e. The molecule has 0 unspecified atom stereocenters. The number of hydrogen-bond acceptors (Lipinski definition) is 1. The maximum Gasteiger partial charge on any atom is 0.0229 e. The minimum absolute atomic E-state index is 0. The van der Waals surface area contributed by atoms with Crippen LogP contribution in [0.25, 0.3) is 17.2 Å². The Balaban J connectivity index is 0.00000220. The van der Waals surface area contributed by atoms with E-state index in [1.54, 1.807) is 0 Å². The summed E-state index contributed by atoms with van der Waals surface area (Å²) < 4.78 is 0. The predicted molar refractivity (Wildman–Crippen MR) is 95.6 cm³/mol. The molecule has 0 amide bonds. The lowest BCUT2D eigenvalue weighted by molar-refractivity contribution is 0.547. The SMILES string of the molecule is CC(C)C[C@H](N)/C=C/c1ccc(-c2ccccc2)cc1.Cl. The van der Waals surface area contributed by atoms with Crippen LogP contribution in [0.15, 0.2) is 60.7 Å². The summed E-state index contributed by atoms with van der Waals surface area (Å²) in [7, 11) is 0. The molecule has 2 aromatic rings. The van der Waals surface area contributed by atoms with Crippen LogP contribution in [0.3, 0.4) is 0 Å². The van der Waals surface area contributed by atoms with Gasteiger partial charge in [0.15, 0.2) is 0 Å². The third-order valence-corrected chi connectivity index (χ3v) is 3.30. The minimum Gasteiger partial charge on any atom is -0.324 e. The molecule has 21 heavy (non-hydrogen) atoms. The molecular weight excluding hydrogens is 278 g/mol. The zero-order valence-corrected chi connectivity index (χ0v) is 13.5. The van der Waals surface area contributed by atoms with E-state index in [4.69, 9.17) is 5.73 Å². The summed E-state index contributed by atoms with van der Waals surface area (Å²) in [6.45, 7) is 4.39. The molecule has 0 radical (unpaired) electrons. The van der Waals surface area contributed by atoms with E-state index in [9.17, 15) is 0 Å². The van der Waals surface area contributed by atoms with Gasteiger partial charge in [0.1, 0.15) is 0 Å². The Morgan fingerprint density at radius 1 is 0.905 bits per heavy atom. The summed E-state index contributed by atoms with van der Waals surface area (Å²) in [5.74, 6) is 0.634. The molecule has 0 aliphatic carbocycles. The summed E-state index contributed by atoms with van der Waals surface area (Å²) >= 11 is 0. The Labute approximate surface area is 134 Å². The Hall–Kier alpha value is -1.57. The maximum absolute atomic E-state index is 6.06. The summed E-state index contributed by atoms with van der Waals surface area (Å²) in [5.41, 5.74) is 9.75. The van der Waals surface area contributed by atoms with Crippen molar-refractivity contribution in [2.24, 2.45) is 11.7 Å². The molecule has 2 N–H and O–H groups in total. The maximum atomic E-state index is 6.06. The summed E-state index contributed by atoms with van der Waals surface area (Å²) in [4.78, 5) is 0. The average molecular weight is 302 g/mol. The first-order valence-corrected chi connectivity index (χ1v) is 7.24. The van der Waals surface area contributed by atoms with Gasteiger partial charge in [0.25, 0.3) is 0 Å². The Morgan fingerprint density at radius 3 is 2.05 bits per heavy atom. The number of rotatable bonds is 5. The molecule has 1 nitrogen and oxygen atoms in total. The van der Waals surface area contributed by atoms with Crippen molar-refractivity contribution in [3.63, 3.8) is 0 Å². The zero-order chi connectivity index (χ0) is 14.4. The van der Waals surface area contributed by atoms with Crippen LogP contribution >= 0.6 is 12.4 Å². The van der Waals surface area contributed by atoms with Gasteiger partial charge < -0.3 is 5.73 Å². The van der Waals surface area contributed by atoms with E-state index in [0.717, 1.165) is 6.42 Å². The number of hydrogen-bond donors (Lipinski definition) is 1. The van der Waals surface area contributed by atoms with Gasteiger partial charge in [-0.3, -0.25) is 0 Å². The highest BCUT2D eigenvalue weighted by molar-refractivity contribution is 5.85. The standard InChI is InChI=1S/C19H23N.ClH/c1-15(2)14-19(20)13-10-16-8-11-18(12-9-16)17-6-4-3-5-7-17;/h3-13,15,19H,14,20H2,1-2H3;1H/b13-10+;/t19-;/m1./s1. The van der Waals surface area contributed by atoms with Crippen molar-refractivity contribution >= 4 is 18.5 Å². The molecule has 0 aliphatic rings.